The first-order chi connectivity index (χ1) is 16.3. The number of halogens is 3. The molecule has 0 fully saturated rings. The number of nitrogens with zero attached hydrogens (tertiary/aromatic N) is 6. The fourth-order valence-electron chi connectivity index (χ4n) is 3.74. The lowest BCUT2D eigenvalue weighted by atomic mass is 10.1. The molecule has 172 valence electrons. The Morgan fingerprint density at radius 3 is 2.44 bits per heavy atom. The molecule has 10 heteroatoms. The lowest BCUT2D eigenvalue weighted by Gasteiger charge is -2.08. The molecule has 0 N–H and O–H groups in total. The number of rotatable bonds is 5. The van der Waals surface area contributed by atoms with E-state index in [0.29, 0.717) is 29.3 Å². The zero-order valence-corrected chi connectivity index (χ0v) is 18.3. The van der Waals surface area contributed by atoms with Crippen LogP contribution >= 0.6 is 0 Å². The minimum atomic E-state index is -4.48. The van der Waals surface area contributed by atoms with Crippen LogP contribution in [0.3, 0.4) is 0 Å². The number of hydrogen-bond donors (Lipinski definition) is 0. The van der Waals surface area contributed by atoms with Gasteiger partial charge in [0.25, 0.3) is 0 Å². The molecule has 2 aromatic carbocycles. The molecule has 0 atom stereocenters. The summed E-state index contributed by atoms with van der Waals surface area (Å²) in [7, 11) is 3.14. The molecule has 5 aromatic rings. The van der Waals surface area contributed by atoms with E-state index >= 15 is 0 Å². The average molecular weight is 464 g/mol. The van der Waals surface area contributed by atoms with Crippen molar-refractivity contribution >= 4 is 11.0 Å². The van der Waals surface area contributed by atoms with Gasteiger partial charge < -0.3 is 9.30 Å². The molecule has 7 nitrogen and oxygen atoms in total. The lowest BCUT2D eigenvalue weighted by Crippen LogP contribution is -2.05. The molecule has 3 aromatic heterocycles. The van der Waals surface area contributed by atoms with E-state index in [1.807, 2.05) is 36.4 Å². The van der Waals surface area contributed by atoms with Gasteiger partial charge in [-0.15, -0.1) is 0 Å². The molecular weight excluding hydrogens is 445 g/mol. The van der Waals surface area contributed by atoms with Gasteiger partial charge in [-0.1, -0.05) is 36.4 Å². The number of fused-ring (bicyclic) bond motifs is 1. The van der Waals surface area contributed by atoms with Crippen LogP contribution in [0.5, 0.6) is 5.75 Å². The summed E-state index contributed by atoms with van der Waals surface area (Å²) in [4.78, 5) is 12.9. The molecule has 5 rings (SSSR count). The Morgan fingerprint density at radius 2 is 1.74 bits per heavy atom. The highest BCUT2D eigenvalue weighted by atomic mass is 19.4. The molecule has 0 unspecified atom stereocenters. The van der Waals surface area contributed by atoms with Crippen LogP contribution in [0.1, 0.15) is 11.3 Å². The third-order valence-corrected chi connectivity index (χ3v) is 5.44. The molecular formula is C24H19F3N6O. The third-order valence-electron chi connectivity index (χ3n) is 5.44. The van der Waals surface area contributed by atoms with Crippen LogP contribution < -0.4 is 4.74 Å². The average Bonchev–Trinajstić information content (AvgIpc) is 3.43. The SMILES string of the molecule is COc1ccccc1-c1ncc2cnn(Cc3ccc(-c4nc(C(F)(F)F)cn4C)cc3)c2n1. The van der Waals surface area contributed by atoms with E-state index in [9.17, 15) is 13.2 Å². The van der Waals surface area contributed by atoms with Gasteiger partial charge >= 0.3 is 6.18 Å². The Balaban J connectivity index is 1.43. The second-order valence-electron chi connectivity index (χ2n) is 7.73. The first kappa shape index (κ1) is 21.6. The predicted molar refractivity (Wildman–Crippen MR) is 120 cm³/mol. The molecule has 0 saturated carbocycles. The van der Waals surface area contributed by atoms with E-state index in [-0.39, 0.29) is 5.82 Å². The smallest absolute Gasteiger partial charge is 0.434 e. The number of benzene rings is 2. The maximum atomic E-state index is 13.0. The second kappa shape index (κ2) is 8.29. The van der Waals surface area contributed by atoms with Crippen molar-refractivity contribution in [3.05, 3.63) is 78.4 Å². The van der Waals surface area contributed by atoms with Crippen molar-refractivity contribution in [2.24, 2.45) is 7.05 Å². The molecule has 0 spiro atoms. The molecule has 0 aliphatic carbocycles. The van der Waals surface area contributed by atoms with Gasteiger partial charge in [-0.05, 0) is 17.7 Å². The minimum absolute atomic E-state index is 0.248. The highest BCUT2D eigenvalue weighted by Crippen LogP contribution is 2.31. The summed E-state index contributed by atoms with van der Waals surface area (Å²) in [6, 6.07) is 14.7. The third kappa shape index (κ3) is 3.98. The fourth-order valence-corrected chi connectivity index (χ4v) is 3.74. The summed E-state index contributed by atoms with van der Waals surface area (Å²) >= 11 is 0. The van der Waals surface area contributed by atoms with Crippen LogP contribution in [0.2, 0.25) is 0 Å². The fraction of sp³-hybridized carbons (Fsp3) is 0.167. The summed E-state index contributed by atoms with van der Waals surface area (Å²) < 4.78 is 47.5. The van der Waals surface area contributed by atoms with Gasteiger partial charge in [0.15, 0.2) is 17.2 Å². The van der Waals surface area contributed by atoms with Crippen LogP contribution in [-0.4, -0.2) is 36.4 Å². The zero-order valence-electron chi connectivity index (χ0n) is 18.3. The van der Waals surface area contributed by atoms with Crippen LogP contribution in [0, 0.1) is 0 Å². The van der Waals surface area contributed by atoms with E-state index in [2.05, 4.69) is 15.1 Å². The number of alkyl halides is 3. The number of ether oxygens (including phenoxy) is 1. The van der Waals surface area contributed by atoms with Crippen molar-refractivity contribution in [1.29, 1.82) is 0 Å². The second-order valence-corrected chi connectivity index (χ2v) is 7.73. The largest absolute Gasteiger partial charge is 0.496 e. The highest BCUT2D eigenvalue weighted by Gasteiger charge is 2.34. The molecule has 0 radical (unpaired) electrons. The Hall–Kier alpha value is -4.21. The van der Waals surface area contributed by atoms with Crippen molar-refractivity contribution in [3.8, 4) is 28.5 Å². The number of hydrogen-bond acceptors (Lipinski definition) is 5. The van der Waals surface area contributed by atoms with E-state index in [1.54, 1.807) is 43.4 Å². The van der Waals surface area contributed by atoms with Gasteiger partial charge in [-0.3, -0.25) is 0 Å². The van der Waals surface area contributed by atoms with Crippen molar-refractivity contribution < 1.29 is 17.9 Å². The molecule has 0 aliphatic rings. The summed E-state index contributed by atoms with van der Waals surface area (Å²) in [5.41, 5.74) is 2.03. The predicted octanol–water partition coefficient (Wildman–Crippen LogP) is 4.97. The Morgan fingerprint density at radius 1 is 0.971 bits per heavy atom. The number of aromatic nitrogens is 6. The number of imidazole rings is 1. The molecule has 0 saturated heterocycles. The van der Waals surface area contributed by atoms with E-state index < -0.39 is 11.9 Å². The van der Waals surface area contributed by atoms with Gasteiger partial charge in [0.05, 0.1) is 30.8 Å². The topological polar surface area (TPSA) is 70.7 Å². The summed E-state index contributed by atoms with van der Waals surface area (Å²) in [5.74, 6) is 1.45. The van der Waals surface area contributed by atoms with Gasteiger partial charge in [0.1, 0.15) is 11.6 Å². The standard InChI is InChI=1S/C24H19F3N6O/c1-32-14-20(24(25,26)27)30-22(32)16-9-7-15(8-10-16)13-33-23-17(12-29-33)11-28-21(31-23)18-5-3-4-6-19(18)34-2/h3-12,14H,13H2,1-2H3. The van der Waals surface area contributed by atoms with Crippen molar-refractivity contribution in [2.45, 2.75) is 12.7 Å². The summed E-state index contributed by atoms with van der Waals surface area (Å²) in [6.45, 7) is 0.431. The van der Waals surface area contributed by atoms with Crippen molar-refractivity contribution in [3.63, 3.8) is 0 Å². The van der Waals surface area contributed by atoms with Gasteiger partial charge in [-0.2, -0.15) is 18.3 Å². The van der Waals surface area contributed by atoms with Gasteiger partial charge in [0, 0.05) is 25.0 Å². The summed E-state index contributed by atoms with van der Waals surface area (Å²) in [6.07, 6.45) is -0.0853. The zero-order chi connectivity index (χ0) is 23.9. The van der Waals surface area contributed by atoms with Crippen LogP contribution in [0.25, 0.3) is 33.8 Å². The molecule has 34 heavy (non-hydrogen) atoms. The number of methoxy groups -OCH3 is 1. The van der Waals surface area contributed by atoms with E-state index in [4.69, 9.17) is 9.72 Å². The number of para-hydroxylation sites is 1. The molecule has 3 heterocycles. The quantitative estimate of drug-likeness (QED) is 0.367. The maximum absolute atomic E-state index is 13.0. The number of aryl methyl sites for hydroxylation is 1. The van der Waals surface area contributed by atoms with Crippen LogP contribution in [-0.2, 0) is 19.8 Å². The molecule has 0 bridgehead atoms. The summed E-state index contributed by atoms with van der Waals surface area (Å²) in [5, 5.41) is 5.23. The lowest BCUT2D eigenvalue weighted by molar-refractivity contribution is -0.140. The normalized spacial score (nSPS) is 11.8. The van der Waals surface area contributed by atoms with Crippen LogP contribution in [0.4, 0.5) is 13.2 Å². The first-order valence-electron chi connectivity index (χ1n) is 10.4. The van der Waals surface area contributed by atoms with Crippen molar-refractivity contribution in [2.75, 3.05) is 7.11 Å². The highest BCUT2D eigenvalue weighted by molar-refractivity contribution is 5.77. The Labute approximate surface area is 192 Å². The molecule has 0 amide bonds. The van der Waals surface area contributed by atoms with Crippen LogP contribution in [0.15, 0.2) is 67.1 Å². The van der Waals surface area contributed by atoms with Gasteiger partial charge in [-0.25, -0.2) is 19.6 Å². The maximum Gasteiger partial charge on any atom is 0.434 e. The van der Waals surface area contributed by atoms with Gasteiger partial charge in [0.2, 0.25) is 0 Å². The van der Waals surface area contributed by atoms with E-state index in [0.717, 1.165) is 22.7 Å². The van der Waals surface area contributed by atoms with Crippen molar-refractivity contribution in [1.82, 2.24) is 29.3 Å². The first-order valence-corrected chi connectivity index (χ1v) is 10.4. The van der Waals surface area contributed by atoms with E-state index in [1.165, 1.54) is 4.57 Å². The monoisotopic (exact) mass is 464 g/mol. The Kier molecular flexibility index (Phi) is 5.27. The molecule has 0 aliphatic heterocycles. The Bertz CT molecular complexity index is 1470. The minimum Gasteiger partial charge on any atom is -0.496 e.